The van der Waals surface area contributed by atoms with Crippen molar-refractivity contribution in [2.75, 3.05) is 0 Å². The average Bonchev–Trinajstić information content (AvgIpc) is 1.64. The summed E-state index contributed by atoms with van der Waals surface area (Å²) >= 11 is 0. The fraction of sp³-hybridized carbons (Fsp3) is 0.154. The number of rotatable bonds is 13. The Labute approximate surface area is 661 Å². The number of carboxylic acid groups (broad SMARTS) is 6. The predicted molar refractivity (Wildman–Crippen MR) is 405 cm³/mol. The maximum Gasteiger partial charge on any atom is 0.416 e. The van der Waals surface area contributed by atoms with Crippen molar-refractivity contribution in [1.29, 1.82) is 0 Å². The van der Waals surface area contributed by atoms with Gasteiger partial charge in [-0.3, -0.25) is 27.4 Å². The Balaban J connectivity index is 0.000000142. The molecule has 1 aliphatic carbocycles. The van der Waals surface area contributed by atoms with Crippen LogP contribution >= 0.6 is 0 Å². The zero-order chi connectivity index (χ0) is 88.2. The first-order valence-electron chi connectivity index (χ1n) is 34.9. The number of nitrogens with zero attached hydrogens (tertiary/aromatic N) is 6. The van der Waals surface area contributed by atoms with E-state index in [-0.39, 0.29) is 115 Å². The molecule has 15 aromatic rings. The normalized spacial score (nSPS) is 12.8. The van der Waals surface area contributed by atoms with Crippen LogP contribution in [-0.4, -0.2) is 142 Å². The summed E-state index contributed by atoms with van der Waals surface area (Å²) in [4.78, 5) is 151. The lowest BCUT2D eigenvalue weighted by atomic mass is 9.92. The van der Waals surface area contributed by atoms with Gasteiger partial charge in [0.05, 0.1) is 129 Å². The molecular weight excluding hydrogens is 1640 g/mol. The molecule has 0 unspecified atom stereocenters. The van der Waals surface area contributed by atoms with Crippen molar-refractivity contribution in [3.8, 4) is 17.1 Å². The minimum Gasteiger partial charge on any atom is -0.478 e. The number of H-pyrrole nitrogens is 6. The number of hydrogen-bond acceptors (Lipinski definition) is 12. The minimum absolute atomic E-state index is 0.00156. The van der Waals surface area contributed by atoms with Crippen molar-refractivity contribution < 1.29 is 116 Å². The van der Waals surface area contributed by atoms with Gasteiger partial charge in [0.15, 0.2) is 11.6 Å². The smallest absolute Gasteiger partial charge is 0.416 e. The quantitative estimate of drug-likeness (QED) is 0.0477. The second kappa shape index (κ2) is 34.4. The van der Waals surface area contributed by atoms with Crippen LogP contribution in [0, 0.1) is 11.6 Å². The fourth-order valence-corrected chi connectivity index (χ4v) is 12.8. The zero-order valence-corrected chi connectivity index (χ0v) is 61.0. The Morgan fingerprint density at radius 1 is 0.355 bits per heavy atom. The molecule has 6 heterocycles. The first kappa shape index (κ1) is 86.4. The van der Waals surface area contributed by atoms with Gasteiger partial charge in [-0.15, -0.1) is 0 Å². The zero-order valence-electron chi connectivity index (χ0n) is 61.0. The molecule has 628 valence electrons. The molecule has 121 heavy (non-hydrogen) atoms. The van der Waals surface area contributed by atoms with Crippen LogP contribution < -0.4 is 34.1 Å². The van der Waals surface area contributed by atoms with Crippen LogP contribution in [0.3, 0.4) is 0 Å². The number of aromatic amines is 6. The van der Waals surface area contributed by atoms with E-state index in [0.717, 1.165) is 51.2 Å². The summed E-state index contributed by atoms with van der Waals surface area (Å²) < 4.78 is 170. The van der Waals surface area contributed by atoms with Crippen molar-refractivity contribution in [2.45, 2.75) is 75.7 Å². The number of fused-ring (bicyclic) bond motifs is 6. The molecule has 0 spiro atoms. The van der Waals surface area contributed by atoms with Crippen molar-refractivity contribution in [1.82, 2.24) is 57.3 Å². The second-order valence-corrected chi connectivity index (χ2v) is 26.5. The summed E-state index contributed by atoms with van der Waals surface area (Å²) in [5.74, 6) is -11.5. The highest BCUT2D eigenvalue weighted by Gasteiger charge is 2.37. The summed E-state index contributed by atoms with van der Waals surface area (Å²) in [7, 11) is 0. The van der Waals surface area contributed by atoms with Crippen LogP contribution in [0.4, 0.5) is 57.1 Å². The molecule has 12 N–H and O–H groups in total. The van der Waals surface area contributed by atoms with Crippen molar-refractivity contribution in [2.24, 2.45) is 0 Å². The number of aromatic nitrogens is 12. The van der Waals surface area contributed by atoms with E-state index in [0.29, 0.717) is 43.2 Å². The van der Waals surface area contributed by atoms with E-state index in [2.05, 4.69) is 29.9 Å². The van der Waals surface area contributed by atoms with Gasteiger partial charge < -0.3 is 60.5 Å². The Morgan fingerprint density at radius 3 is 1.05 bits per heavy atom. The van der Waals surface area contributed by atoms with Gasteiger partial charge in [0, 0.05) is 31.5 Å². The molecule has 16 rings (SSSR count). The molecule has 43 heteroatoms. The third-order valence-corrected chi connectivity index (χ3v) is 18.4. The van der Waals surface area contributed by atoms with Gasteiger partial charge in [-0.25, -0.2) is 75.1 Å². The number of aryl methyl sites for hydroxylation is 1. The molecule has 1 saturated carbocycles. The predicted octanol–water partition coefficient (Wildman–Crippen LogP) is 13.7. The second-order valence-electron chi connectivity index (χ2n) is 26.5. The fourth-order valence-electron chi connectivity index (χ4n) is 12.8. The summed E-state index contributed by atoms with van der Waals surface area (Å²) in [6, 6.07) is 40.3. The van der Waals surface area contributed by atoms with E-state index in [1.807, 2.05) is 30.3 Å². The molecule has 0 atom stereocenters. The molecule has 9 aromatic carbocycles. The highest BCUT2D eigenvalue weighted by Crippen LogP contribution is 2.39. The van der Waals surface area contributed by atoms with Crippen LogP contribution in [0.1, 0.15) is 106 Å². The number of imidazole rings is 6. The standard InChI is InChI=1S/C15H9F3N2O3.C14H8F2N2O3.C14H14F2N2O3.C14H10N2O3.C11H9F3N2O3.C10H7F3N2O3/c16-15(17,18)9-2-4-10(5-3-9)20-12-6-1-8(13(21)22)7-11(12)19-14(20)23;15-9-3-2-8(6-10(9)16)18-12-4-1-7(13(19)20)5-11(12)17-14(18)21;15-14(16)5-3-9(4-6-14)18-11-2-1-8(12(19)20)7-10(11)17-13(18)21;17-13(18)9-6-7-12-11(8-9)15-14(19)16(12)10-4-2-1-3-5-10;12-11(13,14)3-4-16-8-2-1-6(9(17)18)5-7(8)15-10(16)19;11-10(12,13)4-15-7-2-1-5(8(16)17)3-6(7)14-9(15)18/h1-7H,(H,19,23)(H,21,22);1-6H,(H,17,21)(H,19,20);1-2,7,9H,3-6H2,(H,17,21)(H,19,20);1-8H,(H,15,19)(H,17,18);1-2,5H,3-4H2,(H,15,19)(H,17,18);1-3H,4H2,(H,14,18)(H,16,17). The van der Waals surface area contributed by atoms with Gasteiger partial charge in [-0.1, -0.05) is 18.2 Å². The molecule has 1 fully saturated rings. The maximum atomic E-state index is 13.3. The van der Waals surface area contributed by atoms with E-state index in [4.69, 9.17) is 30.6 Å². The minimum atomic E-state index is -4.52. The van der Waals surface area contributed by atoms with Crippen molar-refractivity contribution in [3.63, 3.8) is 0 Å². The van der Waals surface area contributed by atoms with Gasteiger partial charge in [-0.05, 0) is 171 Å². The number of carboxylic acids is 6. The Kier molecular flexibility index (Phi) is 24.5. The van der Waals surface area contributed by atoms with Gasteiger partial charge >= 0.3 is 88.5 Å². The summed E-state index contributed by atoms with van der Waals surface area (Å²) in [5.41, 5.74) is 0.952. The lowest BCUT2D eigenvalue weighted by Crippen LogP contribution is -2.30. The van der Waals surface area contributed by atoms with E-state index in [1.165, 1.54) is 117 Å². The first-order chi connectivity index (χ1) is 56.8. The molecule has 0 bridgehead atoms. The lowest BCUT2D eigenvalue weighted by Gasteiger charge is -2.28. The van der Waals surface area contributed by atoms with Gasteiger partial charge in [0.2, 0.25) is 5.92 Å². The molecule has 0 saturated heterocycles. The van der Waals surface area contributed by atoms with Crippen LogP contribution in [-0.2, 0) is 19.3 Å². The lowest BCUT2D eigenvalue weighted by molar-refractivity contribution is -0.140. The maximum absolute atomic E-state index is 13.3. The SMILES string of the molecule is O=C(O)c1ccc2c(c1)[nH]c(=O)n2-c1ccc(C(F)(F)F)cc1.O=C(O)c1ccc2c(c1)[nH]c(=O)n2-c1ccc(F)c(F)c1.O=C(O)c1ccc2c(c1)[nH]c(=O)n2-c1ccccc1.O=C(O)c1ccc2c(c1)[nH]c(=O)n2C1CCC(F)(F)CC1.O=C(O)c1ccc2c(c1)[nH]c(=O)n2CC(F)(F)F.O=C(O)c1ccc2c(c1)[nH]c(=O)n2CCC(F)(F)F. The van der Waals surface area contributed by atoms with E-state index in [1.54, 1.807) is 12.1 Å². The number of carbonyl (C=O) groups is 6. The Bertz CT molecular complexity index is 6930. The molecule has 0 amide bonds. The molecular formula is C78H57F13N12O18. The topological polar surface area (TPSA) is 451 Å². The Morgan fingerprint density at radius 2 is 0.678 bits per heavy atom. The van der Waals surface area contributed by atoms with E-state index >= 15 is 0 Å². The number of nitrogens with one attached hydrogen (secondary N) is 6. The first-order valence-corrected chi connectivity index (χ1v) is 34.9. The van der Waals surface area contributed by atoms with Crippen molar-refractivity contribution in [3.05, 3.63) is 295 Å². The van der Waals surface area contributed by atoms with Crippen LogP contribution in [0.15, 0.2) is 211 Å². The van der Waals surface area contributed by atoms with Crippen LogP contribution in [0.25, 0.3) is 83.3 Å². The summed E-state index contributed by atoms with van der Waals surface area (Å²) in [5, 5.41) is 53.2. The number of para-hydroxylation sites is 1. The Hall–Kier alpha value is -15.5. The number of halogens is 13. The highest BCUT2D eigenvalue weighted by molar-refractivity contribution is 5.96. The monoisotopic (exact) mass is 1700 g/mol. The number of alkyl halides is 11. The van der Waals surface area contributed by atoms with E-state index < -0.39 is 120 Å². The van der Waals surface area contributed by atoms with Crippen molar-refractivity contribution >= 4 is 102 Å². The summed E-state index contributed by atoms with van der Waals surface area (Å²) in [6.07, 6.45) is -14.5. The highest BCUT2D eigenvalue weighted by atomic mass is 19.4. The number of benzene rings is 9. The van der Waals surface area contributed by atoms with Gasteiger partial charge in [0.1, 0.15) is 6.54 Å². The van der Waals surface area contributed by atoms with Crippen LogP contribution in [0.5, 0.6) is 0 Å². The van der Waals surface area contributed by atoms with E-state index in [9.17, 15) is 115 Å². The van der Waals surface area contributed by atoms with Crippen LogP contribution in [0.2, 0.25) is 0 Å². The molecule has 1 aliphatic rings. The average molecular weight is 1700 g/mol. The largest absolute Gasteiger partial charge is 0.478 e. The van der Waals surface area contributed by atoms with Gasteiger partial charge in [0.25, 0.3) is 0 Å². The van der Waals surface area contributed by atoms with Gasteiger partial charge in [-0.2, -0.15) is 39.5 Å². The molecule has 6 aromatic heterocycles. The number of aromatic carboxylic acids is 6. The molecule has 0 radical (unpaired) electrons. The number of hydrogen-bond donors (Lipinski definition) is 12. The molecule has 30 nitrogen and oxygen atoms in total. The summed E-state index contributed by atoms with van der Waals surface area (Å²) in [6.45, 7) is -1.92. The third-order valence-electron chi connectivity index (χ3n) is 18.4. The molecule has 0 aliphatic heterocycles. The third kappa shape index (κ3) is 20.0.